The van der Waals surface area contributed by atoms with Gasteiger partial charge < -0.3 is 14.7 Å². The number of amides is 1. The Hall–Kier alpha value is -2.89. The third-order valence-electron chi connectivity index (χ3n) is 4.19. The summed E-state index contributed by atoms with van der Waals surface area (Å²) in [5, 5.41) is 8.68. The van der Waals surface area contributed by atoms with Crippen molar-refractivity contribution in [3.05, 3.63) is 65.5 Å². The minimum atomic E-state index is -1.08. The number of carboxylic acids is 1. The molecule has 0 aliphatic carbocycles. The van der Waals surface area contributed by atoms with Gasteiger partial charge in [-0.3, -0.25) is 4.79 Å². The Morgan fingerprint density at radius 3 is 2.76 bits per heavy atom. The van der Waals surface area contributed by atoms with Crippen LogP contribution in [0.2, 0.25) is 0 Å². The molecule has 1 unspecified atom stereocenters. The van der Waals surface area contributed by atoms with Crippen LogP contribution >= 0.6 is 0 Å². The number of nitrogens with zero attached hydrogens (tertiary/aromatic N) is 1. The lowest BCUT2D eigenvalue weighted by atomic mass is 10.0. The molecule has 0 aromatic heterocycles. The lowest BCUT2D eigenvalue weighted by Crippen LogP contribution is -2.30. The number of likely N-dealkylation sites (tertiary alicyclic amines) is 1. The van der Waals surface area contributed by atoms with Crippen molar-refractivity contribution in [2.24, 2.45) is 0 Å². The van der Waals surface area contributed by atoms with Crippen molar-refractivity contribution in [1.82, 2.24) is 4.90 Å². The number of hydrogen-bond donors (Lipinski definition) is 1. The van der Waals surface area contributed by atoms with E-state index in [4.69, 9.17) is 9.84 Å². The summed E-state index contributed by atoms with van der Waals surface area (Å²) in [7, 11) is 0. The molecular weight excluding hydrogens is 325 g/mol. The van der Waals surface area contributed by atoms with Gasteiger partial charge in [-0.05, 0) is 48.7 Å². The topological polar surface area (TPSA) is 66.8 Å². The zero-order valence-corrected chi connectivity index (χ0v) is 13.5. The third kappa shape index (κ3) is 3.96. The number of hydrogen-bond acceptors (Lipinski definition) is 3. The Kier molecular flexibility index (Phi) is 4.97. The Balaban J connectivity index is 1.80. The van der Waals surface area contributed by atoms with Crippen LogP contribution in [0.4, 0.5) is 4.39 Å². The van der Waals surface area contributed by atoms with Crippen molar-refractivity contribution in [2.45, 2.75) is 18.9 Å². The molecule has 1 N–H and O–H groups in total. The third-order valence-corrected chi connectivity index (χ3v) is 4.19. The van der Waals surface area contributed by atoms with Gasteiger partial charge in [-0.15, -0.1) is 0 Å². The maximum atomic E-state index is 13.5. The van der Waals surface area contributed by atoms with Crippen molar-refractivity contribution in [2.75, 3.05) is 13.2 Å². The average Bonchev–Trinajstić information content (AvgIpc) is 3.09. The van der Waals surface area contributed by atoms with E-state index < -0.39 is 12.6 Å². The highest BCUT2D eigenvalue weighted by Gasteiger charge is 2.30. The van der Waals surface area contributed by atoms with E-state index in [1.165, 1.54) is 18.2 Å². The highest BCUT2D eigenvalue weighted by molar-refractivity contribution is 5.95. The van der Waals surface area contributed by atoms with Crippen LogP contribution in [0.25, 0.3) is 0 Å². The van der Waals surface area contributed by atoms with Crippen LogP contribution in [-0.4, -0.2) is 35.0 Å². The summed E-state index contributed by atoms with van der Waals surface area (Å²) in [5.41, 5.74) is 1.20. The van der Waals surface area contributed by atoms with Crippen molar-refractivity contribution in [3.63, 3.8) is 0 Å². The first-order chi connectivity index (χ1) is 12.0. The fraction of sp³-hybridized carbons (Fsp3) is 0.263. The van der Waals surface area contributed by atoms with Gasteiger partial charge >= 0.3 is 5.97 Å². The Morgan fingerprint density at radius 1 is 1.20 bits per heavy atom. The highest BCUT2D eigenvalue weighted by Crippen LogP contribution is 2.33. The number of rotatable bonds is 5. The van der Waals surface area contributed by atoms with Crippen molar-refractivity contribution in [3.8, 4) is 5.75 Å². The SMILES string of the molecule is O=C(O)COc1cccc(C(=O)N2CCCC2c2cccc(F)c2)c1. The highest BCUT2D eigenvalue weighted by atomic mass is 19.1. The molecule has 0 radical (unpaired) electrons. The van der Waals surface area contributed by atoms with Crippen LogP contribution < -0.4 is 4.74 Å². The number of carbonyl (C=O) groups excluding carboxylic acids is 1. The molecule has 1 aliphatic heterocycles. The van der Waals surface area contributed by atoms with Crippen LogP contribution in [-0.2, 0) is 4.79 Å². The normalized spacial score (nSPS) is 16.7. The van der Waals surface area contributed by atoms with E-state index in [1.54, 1.807) is 29.2 Å². The first kappa shape index (κ1) is 17.0. The fourth-order valence-corrected chi connectivity index (χ4v) is 3.10. The van der Waals surface area contributed by atoms with Crippen molar-refractivity contribution >= 4 is 11.9 Å². The van der Waals surface area contributed by atoms with Gasteiger partial charge in [-0.1, -0.05) is 18.2 Å². The zero-order chi connectivity index (χ0) is 17.8. The van der Waals surface area contributed by atoms with E-state index in [0.717, 1.165) is 18.4 Å². The molecule has 1 aliphatic rings. The van der Waals surface area contributed by atoms with Gasteiger partial charge in [0.05, 0.1) is 6.04 Å². The van der Waals surface area contributed by atoms with Crippen molar-refractivity contribution in [1.29, 1.82) is 0 Å². The molecule has 6 heteroatoms. The first-order valence-electron chi connectivity index (χ1n) is 8.05. The molecule has 0 saturated carbocycles. The molecule has 2 aromatic rings. The molecule has 1 heterocycles. The predicted octanol–water partition coefficient (Wildman–Crippen LogP) is 3.27. The average molecular weight is 343 g/mol. The van der Waals surface area contributed by atoms with Crippen LogP contribution in [0.15, 0.2) is 48.5 Å². The Morgan fingerprint density at radius 2 is 2.00 bits per heavy atom. The lowest BCUT2D eigenvalue weighted by molar-refractivity contribution is -0.139. The largest absolute Gasteiger partial charge is 0.482 e. The maximum Gasteiger partial charge on any atom is 0.341 e. The molecule has 1 saturated heterocycles. The minimum absolute atomic E-state index is 0.160. The summed E-state index contributed by atoms with van der Waals surface area (Å²) in [6, 6.07) is 12.6. The number of benzene rings is 2. The Bertz CT molecular complexity index is 792. The summed E-state index contributed by atoms with van der Waals surface area (Å²) >= 11 is 0. The van der Waals surface area contributed by atoms with Crippen LogP contribution in [0.1, 0.15) is 34.8 Å². The summed E-state index contributed by atoms with van der Waals surface area (Å²) in [5.74, 6) is -1.24. The standard InChI is InChI=1S/C19H18FNO4/c20-15-6-1-4-13(10-15)17-8-3-9-21(17)19(24)14-5-2-7-16(11-14)25-12-18(22)23/h1-2,4-7,10-11,17H,3,8-9,12H2,(H,22,23). The summed E-state index contributed by atoms with van der Waals surface area (Å²) in [6.07, 6.45) is 1.63. The predicted molar refractivity (Wildman–Crippen MR) is 89.0 cm³/mol. The molecule has 1 amide bonds. The monoisotopic (exact) mass is 343 g/mol. The second-order valence-electron chi connectivity index (χ2n) is 5.92. The van der Waals surface area contributed by atoms with Gasteiger partial charge in [-0.25, -0.2) is 9.18 Å². The fourth-order valence-electron chi connectivity index (χ4n) is 3.10. The number of halogens is 1. The van der Waals surface area contributed by atoms with Gasteiger partial charge in [0.25, 0.3) is 5.91 Å². The van der Waals surface area contributed by atoms with E-state index >= 15 is 0 Å². The van der Waals surface area contributed by atoms with Crippen LogP contribution in [0, 0.1) is 5.82 Å². The molecular formula is C19H18FNO4. The molecule has 5 nitrogen and oxygen atoms in total. The number of aliphatic carboxylic acids is 1. The molecule has 130 valence electrons. The number of carbonyl (C=O) groups is 2. The summed E-state index contributed by atoms with van der Waals surface area (Å²) in [6.45, 7) is 0.132. The smallest absolute Gasteiger partial charge is 0.341 e. The molecule has 0 spiro atoms. The van der Waals surface area contributed by atoms with Crippen LogP contribution in [0.3, 0.4) is 0 Å². The molecule has 25 heavy (non-hydrogen) atoms. The Labute approximate surface area is 144 Å². The van der Waals surface area contributed by atoms with Crippen molar-refractivity contribution < 1.29 is 23.8 Å². The summed E-state index contributed by atoms with van der Waals surface area (Å²) < 4.78 is 18.6. The molecule has 2 aromatic carbocycles. The molecule has 1 atom stereocenters. The molecule has 3 rings (SSSR count). The molecule has 0 bridgehead atoms. The van der Waals surface area contributed by atoms with Gasteiger partial charge in [-0.2, -0.15) is 0 Å². The number of carboxylic acid groups (broad SMARTS) is 1. The van der Waals surface area contributed by atoms with Gasteiger partial charge in [0, 0.05) is 12.1 Å². The quantitative estimate of drug-likeness (QED) is 0.905. The zero-order valence-electron chi connectivity index (χ0n) is 13.5. The minimum Gasteiger partial charge on any atom is -0.482 e. The first-order valence-corrected chi connectivity index (χ1v) is 8.05. The van der Waals surface area contributed by atoms with Gasteiger partial charge in [0.15, 0.2) is 6.61 Å². The van der Waals surface area contributed by atoms with E-state index in [0.29, 0.717) is 17.9 Å². The van der Waals surface area contributed by atoms with Gasteiger partial charge in [0.2, 0.25) is 0 Å². The van der Waals surface area contributed by atoms with E-state index in [-0.39, 0.29) is 17.8 Å². The van der Waals surface area contributed by atoms with Crippen LogP contribution in [0.5, 0.6) is 5.75 Å². The molecule has 1 fully saturated rings. The second-order valence-corrected chi connectivity index (χ2v) is 5.92. The van der Waals surface area contributed by atoms with E-state index in [1.807, 2.05) is 6.07 Å². The number of ether oxygens (including phenoxy) is 1. The maximum absolute atomic E-state index is 13.5. The lowest BCUT2D eigenvalue weighted by Gasteiger charge is -2.25. The van der Waals surface area contributed by atoms with E-state index in [2.05, 4.69) is 0 Å². The van der Waals surface area contributed by atoms with Gasteiger partial charge in [0.1, 0.15) is 11.6 Å². The van der Waals surface area contributed by atoms with E-state index in [9.17, 15) is 14.0 Å². The second kappa shape index (κ2) is 7.34. The summed E-state index contributed by atoms with van der Waals surface area (Å²) in [4.78, 5) is 25.2.